The summed E-state index contributed by atoms with van der Waals surface area (Å²) in [6.07, 6.45) is 1.21. The number of fused-ring (bicyclic) bond motifs is 1. The maximum absolute atomic E-state index is 12.6. The highest BCUT2D eigenvalue weighted by molar-refractivity contribution is 6.20. The average molecular weight is 345 g/mol. The summed E-state index contributed by atoms with van der Waals surface area (Å²) in [6.45, 7) is 3.68. The minimum absolute atomic E-state index is 0.210. The van der Waals surface area contributed by atoms with E-state index in [2.05, 4.69) is 0 Å². The van der Waals surface area contributed by atoms with Gasteiger partial charge in [-0.25, -0.2) is 4.79 Å². The quantitative estimate of drug-likeness (QED) is 0.613. The Balaban J connectivity index is 1.70. The first-order valence-corrected chi connectivity index (χ1v) is 8.24. The third-order valence-electron chi connectivity index (χ3n) is 4.79. The third kappa shape index (κ3) is 2.90. The van der Waals surface area contributed by atoms with Crippen molar-refractivity contribution in [1.29, 1.82) is 0 Å². The topological polar surface area (TPSA) is 90.0 Å². The van der Waals surface area contributed by atoms with Gasteiger partial charge in [0.15, 0.2) is 0 Å². The molecule has 0 spiro atoms. The van der Waals surface area contributed by atoms with Crippen LogP contribution >= 0.6 is 0 Å². The van der Waals surface area contributed by atoms with Crippen LogP contribution in [0.1, 0.15) is 53.8 Å². The molecule has 1 fully saturated rings. The van der Waals surface area contributed by atoms with Crippen molar-refractivity contribution in [2.75, 3.05) is 6.61 Å². The van der Waals surface area contributed by atoms with Crippen molar-refractivity contribution >= 4 is 23.8 Å². The van der Waals surface area contributed by atoms with Crippen LogP contribution in [0.5, 0.6) is 0 Å². The van der Waals surface area contributed by atoms with Gasteiger partial charge in [-0.3, -0.25) is 14.4 Å². The lowest BCUT2D eigenvalue weighted by molar-refractivity contribution is -0.180. The van der Waals surface area contributed by atoms with E-state index < -0.39 is 23.2 Å². The molecule has 3 rings (SSSR count). The van der Waals surface area contributed by atoms with Crippen LogP contribution in [0.2, 0.25) is 0 Å². The van der Waals surface area contributed by atoms with Crippen molar-refractivity contribution < 1.29 is 28.8 Å². The standard InChI is InChI=1S/C18H19NO6/c1-3-24-16(22)11-8-9-18(2,10-11)17(23)25-19-14(20)12-6-4-5-7-13(12)15(19)21/h4-7,11H,3,8-10H2,1-2H3. The van der Waals surface area contributed by atoms with Crippen molar-refractivity contribution in [2.45, 2.75) is 33.1 Å². The molecular formula is C18H19NO6. The van der Waals surface area contributed by atoms with Crippen LogP contribution in [0.4, 0.5) is 0 Å². The first-order valence-electron chi connectivity index (χ1n) is 8.24. The van der Waals surface area contributed by atoms with Gasteiger partial charge in [-0.2, -0.15) is 0 Å². The van der Waals surface area contributed by atoms with Gasteiger partial charge in [0.1, 0.15) is 0 Å². The fourth-order valence-corrected chi connectivity index (χ4v) is 3.33. The zero-order valence-electron chi connectivity index (χ0n) is 14.1. The second-order valence-corrected chi connectivity index (χ2v) is 6.58. The maximum Gasteiger partial charge on any atom is 0.339 e. The lowest BCUT2D eigenvalue weighted by Gasteiger charge is -2.23. The lowest BCUT2D eigenvalue weighted by Crippen LogP contribution is -2.38. The predicted molar refractivity (Wildman–Crippen MR) is 85.1 cm³/mol. The number of ether oxygens (including phenoxy) is 1. The number of carbonyl (C=O) groups excluding carboxylic acids is 4. The zero-order chi connectivity index (χ0) is 18.2. The van der Waals surface area contributed by atoms with Gasteiger partial charge >= 0.3 is 11.9 Å². The maximum atomic E-state index is 12.6. The van der Waals surface area contributed by atoms with Gasteiger partial charge in [-0.1, -0.05) is 17.2 Å². The van der Waals surface area contributed by atoms with Gasteiger partial charge in [0.2, 0.25) is 0 Å². The molecular weight excluding hydrogens is 326 g/mol. The first kappa shape index (κ1) is 17.1. The number of carbonyl (C=O) groups is 4. The highest BCUT2D eigenvalue weighted by Crippen LogP contribution is 2.43. The summed E-state index contributed by atoms with van der Waals surface area (Å²) in [4.78, 5) is 54.1. The minimum atomic E-state index is -0.938. The Kier molecular flexibility index (Phi) is 4.32. The highest BCUT2D eigenvalue weighted by atomic mass is 16.7. The number of hydroxylamine groups is 2. The van der Waals surface area contributed by atoms with E-state index in [0.29, 0.717) is 17.9 Å². The molecule has 0 saturated heterocycles. The summed E-state index contributed by atoms with van der Waals surface area (Å²) in [6, 6.07) is 6.30. The number of benzene rings is 1. The van der Waals surface area contributed by atoms with E-state index in [1.165, 1.54) is 12.1 Å². The van der Waals surface area contributed by atoms with Gasteiger partial charge in [0, 0.05) is 0 Å². The van der Waals surface area contributed by atoms with E-state index in [9.17, 15) is 19.2 Å². The van der Waals surface area contributed by atoms with Gasteiger partial charge < -0.3 is 9.57 Å². The molecule has 7 heteroatoms. The largest absolute Gasteiger partial charge is 0.466 e. The van der Waals surface area contributed by atoms with Gasteiger partial charge in [-0.15, -0.1) is 0 Å². The summed E-state index contributed by atoms with van der Waals surface area (Å²) in [5.41, 5.74) is -0.519. The SMILES string of the molecule is CCOC(=O)C1CCC(C)(C(=O)ON2C(=O)c3ccccc3C2=O)C1. The number of imide groups is 1. The van der Waals surface area contributed by atoms with Gasteiger partial charge in [0.25, 0.3) is 11.8 Å². The zero-order valence-corrected chi connectivity index (χ0v) is 14.1. The second kappa shape index (κ2) is 6.31. The Morgan fingerprint density at radius 2 is 1.80 bits per heavy atom. The van der Waals surface area contributed by atoms with Crippen LogP contribution in [0.15, 0.2) is 24.3 Å². The number of esters is 1. The van der Waals surface area contributed by atoms with Crippen LogP contribution < -0.4 is 0 Å². The molecule has 1 heterocycles. The first-order chi connectivity index (χ1) is 11.9. The molecule has 1 aromatic rings. The molecule has 2 aliphatic rings. The van der Waals surface area contributed by atoms with Crippen molar-refractivity contribution in [1.82, 2.24) is 5.06 Å². The number of rotatable bonds is 4. The summed E-state index contributed by atoms with van der Waals surface area (Å²) in [5.74, 6) is -2.71. The summed E-state index contributed by atoms with van der Waals surface area (Å²) < 4.78 is 5.00. The smallest absolute Gasteiger partial charge is 0.339 e. The highest BCUT2D eigenvalue weighted by Gasteiger charge is 2.48. The molecule has 2 atom stereocenters. The van der Waals surface area contributed by atoms with E-state index >= 15 is 0 Å². The van der Waals surface area contributed by atoms with Crippen LogP contribution in [-0.4, -0.2) is 35.4 Å². The number of amides is 2. The Hall–Kier alpha value is -2.70. The Bertz CT molecular complexity index is 723. The molecule has 25 heavy (non-hydrogen) atoms. The molecule has 2 unspecified atom stereocenters. The molecule has 2 amide bonds. The van der Waals surface area contributed by atoms with E-state index in [1.54, 1.807) is 26.0 Å². The molecule has 1 aromatic carbocycles. The van der Waals surface area contributed by atoms with Crippen molar-refractivity contribution in [3.05, 3.63) is 35.4 Å². The molecule has 0 radical (unpaired) electrons. The van der Waals surface area contributed by atoms with Crippen LogP contribution in [-0.2, 0) is 19.2 Å². The molecule has 1 aliphatic heterocycles. The number of nitrogens with zero attached hydrogens (tertiary/aromatic N) is 1. The molecule has 0 bridgehead atoms. The van der Waals surface area contributed by atoms with Gasteiger partial charge in [-0.05, 0) is 45.2 Å². The Labute approximate surface area is 144 Å². The second-order valence-electron chi connectivity index (χ2n) is 6.58. The number of hydrogen-bond donors (Lipinski definition) is 0. The van der Waals surface area contributed by atoms with E-state index in [-0.39, 0.29) is 36.0 Å². The molecule has 7 nitrogen and oxygen atoms in total. The van der Waals surface area contributed by atoms with Crippen molar-refractivity contribution in [3.8, 4) is 0 Å². The molecule has 0 N–H and O–H groups in total. The minimum Gasteiger partial charge on any atom is -0.466 e. The lowest BCUT2D eigenvalue weighted by atomic mass is 9.88. The monoisotopic (exact) mass is 345 g/mol. The average Bonchev–Trinajstić information content (AvgIpc) is 3.11. The molecule has 132 valence electrons. The van der Waals surface area contributed by atoms with E-state index in [0.717, 1.165) is 0 Å². The predicted octanol–water partition coefficient (Wildman–Crippen LogP) is 2.11. The Morgan fingerprint density at radius 3 is 2.36 bits per heavy atom. The van der Waals surface area contributed by atoms with E-state index in [1.807, 2.05) is 0 Å². The molecule has 1 aliphatic carbocycles. The fraction of sp³-hybridized carbons (Fsp3) is 0.444. The van der Waals surface area contributed by atoms with Crippen LogP contribution in [0.3, 0.4) is 0 Å². The van der Waals surface area contributed by atoms with Crippen LogP contribution in [0, 0.1) is 11.3 Å². The summed E-state index contributed by atoms with van der Waals surface area (Å²) in [7, 11) is 0. The third-order valence-corrected chi connectivity index (χ3v) is 4.79. The van der Waals surface area contributed by atoms with Gasteiger partial charge in [0.05, 0.1) is 29.1 Å². The van der Waals surface area contributed by atoms with E-state index in [4.69, 9.17) is 9.57 Å². The summed E-state index contributed by atoms with van der Waals surface area (Å²) >= 11 is 0. The fourth-order valence-electron chi connectivity index (χ4n) is 3.33. The molecule has 1 saturated carbocycles. The number of hydrogen-bond acceptors (Lipinski definition) is 6. The normalized spacial score (nSPS) is 25.0. The summed E-state index contributed by atoms with van der Waals surface area (Å²) in [5, 5.41) is 0.510. The van der Waals surface area contributed by atoms with Crippen molar-refractivity contribution in [3.63, 3.8) is 0 Å². The Morgan fingerprint density at radius 1 is 1.20 bits per heavy atom. The van der Waals surface area contributed by atoms with Crippen molar-refractivity contribution in [2.24, 2.45) is 11.3 Å². The van der Waals surface area contributed by atoms with Crippen LogP contribution in [0.25, 0.3) is 0 Å². The molecule has 0 aromatic heterocycles.